The number of amides is 2. The first-order chi connectivity index (χ1) is 16.2. The highest BCUT2D eigenvalue weighted by atomic mass is 19.1. The van der Waals surface area contributed by atoms with Gasteiger partial charge >= 0.3 is 6.09 Å². The molecule has 3 fully saturated rings. The van der Waals surface area contributed by atoms with E-state index in [2.05, 4.69) is 21.6 Å². The number of carbonyl (C=O) groups excluding carboxylic acids is 2. The molecule has 1 aromatic rings. The second-order valence-electron chi connectivity index (χ2n) is 10.5. The minimum atomic E-state index is -0.897. The Kier molecular flexibility index (Phi) is 6.99. The number of rotatable bonds is 5. The summed E-state index contributed by atoms with van der Waals surface area (Å²) in [5, 5.41) is 15.7. The predicted octanol–water partition coefficient (Wildman–Crippen LogP) is 2.57. The van der Waals surface area contributed by atoms with Crippen molar-refractivity contribution in [1.82, 2.24) is 15.5 Å². The van der Waals surface area contributed by atoms with Gasteiger partial charge < -0.3 is 20.3 Å². The van der Waals surface area contributed by atoms with Crippen molar-refractivity contribution >= 4 is 17.7 Å². The van der Waals surface area contributed by atoms with Crippen LogP contribution in [0.15, 0.2) is 18.2 Å². The lowest BCUT2D eigenvalue weighted by Gasteiger charge is -2.35. The Morgan fingerprint density at radius 1 is 1.29 bits per heavy atom. The molecule has 1 aromatic carbocycles. The van der Waals surface area contributed by atoms with Gasteiger partial charge in [-0.1, -0.05) is 6.07 Å². The van der Waals surface area contributed by atoms with Crippen LogP contribution in [0.1, 0.15) is 45.6 Å². The third-order valence-corrected chi connectivity index (χ3v) is 6.87. The van der Waals surface area contributed by atoms with Crippen LogP contribution in [-0.4, -0.2) is 66.8 Å². The molecular formula is C25H34FN5O3. The Hall–Kier alpha value is -2.86. The summed E-state index contributed by atoms with van der Waals surface area (Å²) in [4.78, 5) is 29.7. The average Bonchev–Trinajstić information content (AvgIpc) is 3.41. The van der Waals surface area contributed by atoms with E-state index >= 15 is 0 Å². The SMILES string of the molecule is CC(C)(C)OC(=O)N1[C@@H]2CC[C@@H](C2)[C@H]1C(=O)N[C@H](C#N)Cc1ccc(N2CCNCC2)cc1F. The Morgan fingerprint density at radius 2 is 2.03 bits per heavy atom. The highest BCUT2D eigenvalue weighted by Crippen LogP contribution is 2.43. The Bertz CT molecular complexity index is 966. The van der Waals surface area contributed by atoms with Crippen LogP contribution >= 0.6 is 0 Å². The standard InChI is InChI=1S/C25H34FN5O3/c1-25(2,3)34-24(33)31-20-7-5-17(13-20)22(31)23(32)29-18(15-27)12-16-4-6-19(14-21(16)26)30-10-8-28-9-11-30/h4,6,14,17-18,20,22,28H,5,7-13H2,1-3H3,(H,29,32)/t17-,18-,20+,22-/m0/s1. The number of anilines is 1. The summed E-state index contributed by atoms with van der Waals surface area (Å²) in [6.07, 6.45) is 2.03. The van der Waals surface area contributed by atoms with E-state index in [1.807, 2.05) is 6.07 Å². The molecule has 2 amide bonds. The fourth-order valence-corrected chi connectivity index (χ4v) is 5.33. The number of hydrogen-bond acceptors (Lipinski definition) is 6. The number of halogens is 1. The molecule has 2 bridgehead atoms. The summed E-state index contributed by atoms with van der Waals surface area (Å²) in [5.41, 5.74) is 0.529. The third-order valence-electron chi connectivity index (χ3n) is 6.87. The van der Waals surface area contributed by atoms with Crippen molar-refractivity contribution in [2.24, 2.45) is 5.92 Å². The first kappa shape index (κ1) is 24.3. The van der Waals surface area contributed by atoms with Crippen molar-refractivity contribution in [1.29, 1.82) is 5.26 Å². The molecule has 3 aliphatic rings. The van der Waals surface area contributed by atoms with E-state index in [9.17, 15) is 19.2 Å². The van der Waals surface area contributed by atoms with Gasteiger partial charge in [-0.3, -0.25) is 9.69 Å². The molecule has 0 aromatic heterocycles. The molecule has 1 saturated carbocycles. The molecule has 0 radical (unpaired) electrons. The highest BCUT2D eigenvalue weighted by molar-refractivity contribution is 5.87. The number of piperazine rings is 1. The first-order valence-electron chi connectivity index (χ1n) is 12.1. The maximum atomic E-state index is 14.9. The van der Waals surface area contributed by atoms with E-state index in [4.69, 9.17) is 4.74 Å². The first-order valence-corrected chi connectivity index (χ1v) is 12.1. The number of carbonyl (C=O) groups is 2. The summed E-state index contributed by atoms with van der Waals surface area (Å²) in [6.45, 7) is 8.72. The number of likely N-dealkylation sites (tertiary alicyclic amines) is 1. The normalized spacial score (nSPS) is 25.1. The zero-order valence-corrected chi connectivity index (χ0v) is 20.1. The smallest absolute Gasteiger partial charge is 0.411 e. The summed E-state index contributed by atoms with van der Waals surface area (Å²) >= 11 is 0. The third kappa shape index (κ3) is 5.27. The topological polar surface area (TPSA) is 97.7 Å². The van der Waals surface area contributed by atoms with Crippen molar-refractivity contribution in [3.8, 4) is 6.07 Å². The van der Waals surface area contributed by atoms with Gasteiger partial charge in [-0.15, -0.1) is 0 Å². The van der Waals surface area contributed by atoms with Crippen LogP contribution in [-0.2, 0) is 16.0 Å². The van der Waals surface area contributed by atoms with Gasteiger partial charge in [-0.2, -0.15) is 5.26 Å². The van der Waals surface area contributed by atoms with Crippen molar-refractivity contribution in [2.45, 2.75) is 70.2 Å². The van der Waals surface area contributed by atoms with Crippen molar-refractivity contribution in [3.05, 3.63) is 29.6 Å². The second kappa shape index (κ2) is 9.79. The van der Waals surface area contributed by atoms with Gasteiger partial charge in [-0.05, 0) is 63.6 Å². The summed E-state index contributed by atoms with van der Waals surface area (Å²) in [5.74, 6) is -0.713. The predicted molar refractivity (Wildman–Crippen MR) is 126 cm³/mol. The van der Waals surface area contributed by atoms with E-state index in [0.29, 0.717) is 5.56 Å². The number of fused-ring (bicyclic) bond motifs is 2. The molecular weight excluding hydrogens is 437 g/mol. The van der Waals surface area contributed by atoms with Gasteiger partial charge in [-0.25, -0.2) is 9.18 Å². The van der Waals surface area contributed by atoms with Gasteiger partial charge in [0.25, 0.3) is 0 Å². The minimum Gasteiger partial charge on any atom is -0.444 e. The van der Waals surface area contributed by atoms with Crippen molar-refractivity contribution in [2.75, 3.05) is 31.1 Å². The van der Waals surface area contributed by atoms with E-state index < -0.39 is 23.8 Å². The van der Waals surface area contributed by atoms with Crippen LogP contribution in [0.25, 0.3) is 0 Å². The summed E-state index contributed by atoms with van der Waals surface area (Å²) in [6, 6.07) is 5.55. The fourth-order valence-electron chi connectivity index (χ4n) is 5.33. The van der Waals surface area contributed by atoms with Crippen LogP contribution in [0.5, 0.6) is 0 Å². The highest BCUT2D eigenvalue weighted by Gasteiger charge is 2.52. The number of nitrogens with one attached hydrogen (secondary N) is 2. The monoisotopic (exact) mass is 471 g/mol. The molecule has 184 valence electrons. The van der Waals surface area contributed by atoms with E-state index in [1.165, 1.54) is 6.07 Å². The second-order valence-corrected chi connectivity index (χ2v) is 10.5. The molecule has 0 unspecified atom stereocenters. The lowest BCUT2D eigenvalue weighted by Crippen LogP contribution is -2.55. The Labute approximate surface area is 200 Å². The number of nitriles is 1. The molecule has 4 rings (SSSR count). The van der Waals surface area contributed by atoms with E-state index in [-0.39, 0.29) is 30.1 Å². The zero-order chi connectivity index (χ0) is 24.5. The Morgan fingerprint density at radius 3 is 2.68 bits per heavy atom. The van der Waals surface area contributed by atoms with Crippen LogP contribution < -0.4 is 15.5 Å². The number of hydrogen-bond donors (Lipinski definition) is 2. The molecule has 9 heteroatoms. The largest absolute Gasteiger partial charge is 0.444 e. The van der Waals surface area contributed by atoms with Gasteiger partial charge in [0.05, 0.1) is 6.07 Å². The van der Waals surface area contributed by atoms with Crippen LogP contribution in [0, 0.1) is 23.1 Å². The molecule has 1 aliphatic carbocycles. The zero-order valence-electron chi connectivity index (χ0n) is 20.1. The Balaban J connectivity index is 1.42. The van der Waals surface area contributed by atoms with Crippen LogP contribution in [0.2, 0.25) is 0 Å². The lowest BCUT2D eigenvalue weighted by atomic mass is 9.97. The molecule has 0 spiro atoms. The molecule has 2 saturated heterocycles. The molecule has 4 atom stereocenters. The quantitative estimate of drug-likeness (QED) is 0.685. The van der Waals surface area contributed by atoms with Gasteiger partial charge in [0.2, 0.25) is 5.91 Å². The molecule has 2 heterocycles. The number of nitrogens with zero attached hydrogens (tertiary/aromatic N) is 3. The number of benzene rings is 1. The van der Waals surface area contributed by atoms with E-state index in [0.717, 1.165) is 51.1 Å². The maximum absolute atomic E-state index is 14.9. The van der Waals surface area contributed by atoms with Crippen molar-refractivity contribution < 1.29 is 18.7 Å². The number of ether oxygens (including phenoxy) is 1. The molecule has 2 N–H and O–H groups in total. The summed E-state index contributed by atoms with van der Waals surface area (Å²) in [7, 11) is 0. The lowest BCUT2D eigenvalue weighted by molar-refractivity contribution is -0.128. The summed E-state index contributed by atoms with van der Waals surface area (Å²) < 4.78 is 20.4. The molecule has 8 nitrogen and oxygen atoms in total. The fraction of sp³-hybridized carbons (Fsp3) is 0.640. The van der Waals surface area contributed by atoms with Crippen LogP contribution in [0.4, 0.5) is 14.9 Å². The van der Waals surface area contributed by atoms with Gasteiger partial charge in [0.1, 0.15) is 23.5 Å². The van der Waals surface area contributed by atoms with Gasteiger partial charge in [0.15, 0.2) is 0 Å². The van der Waals surface area contributed by atoms with Gasteiger partial charge in [0, 0.05) is 44.3 Å². The average molecular weight is 472 g/mol. The van der Waals surface area contributed by atoms with E-state index in [1.54, 1.807) is 31.7 Å². The number of piperidine rings is 1. The van der Waals surface area contributed by atoms with Crippen molar-refractivity contribution in [3.63, 3.8) is 0 Å². The molecule has 2 aliphatic heterocycles. The molecule has 34 heavy (non-hydrogen) atoms. The minimum absolute atomic E-state index is 0.0221. The van der Waals surface area contributed by atoms with Crippen LogP contribution in [0.3, 0.4) is 0 Å². The maximum Gasteiger partial charge on any atom is 0.411 e.